The van der Waals surface area contributed by atoms with Crippen LogP contribution in [0.4, 0.5) is 0 Å². The van der Waals surface area contributed by atoms with Gasteiger partial charge in [0.1, 0.15) is 0 Å². The third-order valence-electron chi connectivity index (χ3n) is 3.50. The SMILES string of the molecule is O=C(O)CCC(Cc1ccccc1)Cc1ccccc1. The van der Waals surface area contributed by atoms with E-state index in [1.807, 2.05) is 36.4 Å². The molecule has 0 saturated heterocycles. The third-order valence-corrected chi connectivity index (χ3v) is 3.50. The van der Waals surface area contributed by atoms with Gasteiger partial charge in [-0.2, -0.15) is 0 Å². The van der Waals surface area contributed by atoms with Crippen molar-refractivity contribution in [3.8, 4) is 0 Å². The lowest BCUT2D eigenvalue weighted by molar-refractivity contribution is -0.137. The molecule has 104 valence electrons. The molecule has 0 heterocycles. The largest absolute Gasteiger partial charge is 0.481 e. The Morgan fingerprint density at radius 1 is 0.850 bits per heavy atom. The minimum atomic E-state index is -0.712. The van der Waals surface area contributed by atoms with Crippen LogP contribution in [0.15, 0.2) is 60.7 Å². The fraction of sp³-hybridized carbons (Fsp3) is 0.278. The minimum Gasteiger partial charge on any atom is -0.481 e. The highest BCUT2D eigenvalue weighted by molar-refractivity contribution is 5.66. The lowest BCUT2D eigenvalue weighted by Crippen LogP contribution is -2.11. The van der Waals surface area contributed by atoms with Crippen LogP contribution in [-0.4, -0.2) is 11.1 Å². The molecule has 0 spiro atoms. The number of carbonyl (C=O) groups is 1. The summed E-state index contributed by atoms with van der Waals surface area (Å²) in [7, 11) is 0. The summed E-state index contributed by atoms with van der Waals surface area (Å²) in [6.07, 6.45) is 2.83. The molecule has 0 saturated carbocycles. The van der Waals surface area contributed by atoms with Crippen molar-refractivity contribution in [3.63, 3.8) is 0 Å². The molecule has 0 aliphatic rings. The lowest BCUT2D eigenvalue weighted by atomic mass is 9.89. The molecule has 0 aromatic heterocycles. The number of hydrogen-bond donors (Lipinski definition) is 1. The quantitative estimate of drug-likeness (QED) is 0.825. The first-order valence-corrected chi connectivity index (χ1v) is 7.03. The molecular weight excluding hydrogens is 248 g/mol. The molecule has 0 aliphatic heterocycles. The van der Waals surface area contributed by atoms with Gasteiger partial charge in [-0.3, -0.25) is 4.79 Å². The number of hydrogen-bond acceptors (Lipinski definition) is 1. The summed E-state index contributed by atoms with van der Waals surface area (Å²) in [5.41, 5.74) is 2.55. The molecule has 2 heteroatoms. The molecule has 0 amide bonds. The van der Waals surface area contributed by atoms with Gasteiger partial charge in [0, 0.05) is 6.42 Å². The molecule has 2 aromatic carbocycles. The van der Waals surface area contributed by atoms with Gasteiger partial charge in [-0.1, -0.05) is 60.7 Å². The predicted molar refractivity (Wildman–Crippen MR) is 80.7 cm³/mol. The first-order valence-electron chi connectivity index (χ1n) is 7.03. The van der Waals surface area contributed by atoms with Gasteiger partial charge >= 0.3 is 5.97 Å². The Morgan fingerprint density at radius 3 is 1.70 bits per heavy atom. The molecule has 2 rings (SSSR count). The highest BCUT2D eigenvalue weighted by Gasteiger charge is 2.12. The fourth-order valence-electron chi connectivity index (χ4n) is 2.50. The van der Waals surface area contributed by atoms with E-state index < -0.39 is 5.97 Å². The van der Waals surface area contributed by atoms with Gasteiger partial charge in [0.05, 0.1) is 0 Å². The van der Waals surface area contributed by atoms with Crippen LogP contribution in [0.1, 0.15) is 24.0 Å². The zero-order chi connectivity index (χ0) is 14.2. The van der Waals surface area contributed by atoms with Gasteiger partial charge in [0.25, 0.3) is 0 Å². The Morgan fingerprint density at radius 2 is 1.30 bits per heavy atom. The van der Waals surface area contributed by atoms with Crippen LogP contribution in [0, 0.1) is 5.92 Å². The summed E-state index contributed by atoms with van der Waals surface area (Å²) in [5.74, 6) is -0.341. The first-order chi connectivity index (χ1) is 9.74. The maximum Gasteiger partial charge on any atom is 0.303 e. The molecule has 0 unspecified atom stereocenters. The summed E-state index contributed by atoms with van der Waals surface area (Å²) in [5, 5.41) is 8.89. The van der Waals surface area contributed by atoms with Crippen molar-refractivity contribution in [1.82, 2.24) is 0 Å². The highest BCUT2D eigenvalue weighted by atomic mass is 16.4. The average Bonchev–Trinajstić information content (AvgIpc) is 2.47. The van der Waals surface area contributed by atoms with E-state index in [1.54, 1.807) is 0 Å². The topological polar surface area (TPSA) is 37.3 Å². The summed E-state index contributed by atoms with van der Waals surface area (Å²) >= 11 is 0. The second-order valence-corrected chi connectivity index (χ2v) is 5.18. The smallest absolute Gasteiger partial charge is 0.303 e. The summed E-state index contributed by atoms with van der Waals surface area (Å²) in [4.78, 5) is 10.8. The molecule has 1 N–H and O–H groups in total. The second kappa shape index (κ2) is 7.49. The van der Waals surface area contributed by atoms with Gasteiger partial charge < -0.3 is 5.11 Å². The van der Waals surface area contributed by atoms with E-state index in [9.17, 15) is 4.79 Å². The Labute approximate surface area is 120 Å². The minimum absolute atomic E-state index is 0.240. The van der Waals surface area contributed by atoms with E-state index >= 15 is 0 Å². The van der Waals surface area contributed by atoms with Gasteiger partial charge in [0.15, 0.2) is 0 Å². The van der Waals surface area contributed by atoms with Gasteiger partial charge in [-0.15, -0.1) is 0 Å². The molecule has 0 fully saturated rings. The van der Waals surface area contributed by atoms with E-state index in [0.29, 0.717) is 5.92 Å². The maximum atomic E-state index is 10.8. The first kappa shape index (κ1) is 14.3. The van der Waals surface area contributed by atoms with Crippen molar-refractivity contribution in [2.45, 2.75) is 25.7 Å². The fourth-order valence-corrected chi connectivity index (χ4v) is 2.50. The molecule has 2 aromatic rings. The number of aliphatic carboxylic acids is 1. The molecule has 2 nitrogen and oxygen atoms in total. The Balaban J connectivity index is 2.02. The van der Waals surface area contributed by atoms with Crippen molar-refractivity contribution >= 4 is 5.97 Å². The van der Waals surface area contributed by atoms with Crippen molar-refractivity contribution in [3.05, 3.63) is 71.8 Å². The molecule has 0 radical (unpaired) electrons. The van der Waals surface area contributed by atoms with Crippen molar-refractivity contribution < 1.29 is 9.90 Å². The number of rotatable bonds is 7. The third kappa shape index (κ3) is 4.88. The molecule has 0 atom stereocenters. The average molecular weight is 268 g/mol. The lowest BCUT2D eigenvalue weighted by Gasteiger charge is -2.16. The van der Waals surface area contributed by atoms with Crippen LogP contribution < -0.4 is 0 Å². The Hall–Kier alpha value is -2.09. The Kier molecular flexibility index (Phi) is 5.36. The van der Waals surface area contributed by atoms with E-state index in [4.69, 9.17) is 5.11 Å². The van der Waals surface area contributed by atoms with Crippen LogP contribution in [0.25, 0.3) is 0 Å². The number of carboxylic acids is 1. The van der Waals surface area contributed by atoms with E-state index in [-0.39, 0.29) is 6.42 Å². The summed E-state index contributed by atoms with van der Waals surface area (Å²) in [6.45, 7) is 0. The normalized spacial score (nSPS) is 10.7. The van der Waals surface area contributed by atoms with Crippen LogP contribution >= 0.6 is 0 Å². The van der Waals surface area contributed by atoms with E-state index in [0.717, 1.165) is 19.3 Å². The number of carboxylic acid groups (broad SMARTS) is 1. The number of benzene rings is 2. The standard InChI is InChI=1S/C18H20O2/c19-18(20)12-11-17(13-15-7-3-1-4-8-15)14-16-9-5-2-6-10-16/h1-10,17H,11-14H2,(H,19,20). The van der Waals surface area contributed by atoms with Crippen LogP contribution in [0.2, 0.25) is 0 Å². The van der Waals surface area contributed by atoms with Crippen molar-refractivity contribution in [2.75, 3.05) is 0 Å². The van der Waals surface area contributed by atoms with Crippen LogP contribution in [-0.2, 0) is 17.6 Å². The molecule has 20 heavy (non-hydrogen) atoms. The Bertz CT molecular complexity index is 478. The van der Waals surface area contributed by atoms with Gasteiger partial charge in [-0.25, -0.2) is 0 Å². The van der Waals surface area contributed by atoms with Crippen LogP contribution in [0.3, 0.4) is 0 Å². The maximum absolute atomic E-state index is 10.8. The van der Waals surface area contributed by atoms with Crippen LogP contribution in [0.5, 0.6) is 0 Å². The van der Waals surface area contributed by atoms with Crippen molar-refractivity contribution in [1.29, 1.82) is 0 Å². The van der Waals surface area contributed by atoms with E-state index in [2.05, 4.69) is 24.3 Å². The zero-order valence-electron chi connectivity index (χ0n) is 11.5. The summed E-state index contributed by atoms with van der Waals surface area (Å²) < 4.78 is 0. The zero-order valence-corrected chi connectivity index (χ0v) is 11.5. The second-order valence-electron chi connectivity index (χ2n) is 5.18. The molecule has 0 bridgehead atoms. The highest BCUT2D eigenvalue weighted by Crippen LogP contribution is 2.19. The molecule has 0 aliphatic carbocycles. The predicted octanol–water partition coefficient (Wildman–Crippen LogP) is 3.95. The summed E-state index contributed by atoms with van der Waals surface area (Å²) in [6, 6.07) is 20.6. The van der Waals surface area contributed by atoms with Gasteiger partial charge in [0.2, 0.25) is 0 Å². The van der Waals surface area contributed by atoms with E-state index in [1.165, 1.54) is 11.1 Å². The molecular formula is C18H20O2. The van der Waals surface area contributed by atoms with Gasteiger partial charge in [-0.05, 0) is 36.3 Å². The monoisotopic (exact) mass is 268 g/mol. The van der Waals surface area contributed by atoms with Crippen molar-refractivity contribution in [2.24, 2.45) is 5.92 Å².